The molecule has 11 heteroatoms. The van der Waals surface area contributed by atoms with Crippen LogP contribution in [0.3, 0.4) is 0 Å². The Labute approximate surface area is 263 Å². The number of ketones is 1. The van der Waals surface area contributed by atoms with E-state index in [1.165, 1.54) is 20.8 Å². The molecular formula is C34H47NO10. The molecule has 11 nitrogen and oxygen atoms in total. The maximum atomic E-state index is 14.4. The summed E-state index contributed by atoms with van der Waals surface area (Å²) >= 11 is 0. The van der Waals surface area contributed by atoms with Crippen LogP contribution in [-0.2, 0) is 38.1 Å². The molecule has 5 saturated carbocycles. The van der Waals surface area contributed by atoms with Crippen molar-refractivity contribution in [2.24, 2.45) is 69.5 Å². The molecule has 0 bridgehead atoms. The summed E-state index contributed by atoms with van der Waals surface area (Å²) in [5, 5.41) is 27.6. The summed E-state index contributed by atoms with van der Waals surface area (Å²) < 4.78 is 24.4. The lowest BCUT2D eigenvalue weighted by molar-refractivity contribution is -0.235. The van der Waals surface area contributed by atoms with Crippen molar-refractivity contribution in [2.75, 3.05) is 0 Å². The Morgan fingerprint density at radius 3 is 2.18 bits per heavy atom. The first kappa shape index (κ1) is 30.3. The number of fused-ring (bicyclic) bond motifs is 9. The number of carbonyl (C=O) groups is 4. The molecule has 45 heavy (non-hydrogen) atoms. The molecule has 8 rings (SSSR count). The Kier molecular flexibility index (Phi) is 5.71. The fraction of sp³-hybridized carbons (Fsp3) is 0.882. The first-order chi connectivity index (χ1) is 20.8. The van der Waals surface area contributed by atoms with Crippen LogP contribution < -0.4 is 5.32 Å². The molecule has 8 fully saturated rings. The molecule has 5 aliphatic carbocycles. The van der Waals surface area contributed by atoms with Gasteiger partial charge in [0, 0.05) is 42.9 Å². The third-order valence-corrected chi connectivity index (χ3v) is 15.7. The number of esters is 3. The summed E-state index contributed by atoms with van der Waals surface area (Å²) in [6.07, 6.45) is -2.84. The van der Waals surface area contributed by atoms with Crippen molar-refractivity contribution in [1.82, 2.24) is 5.32 Å². The summed E-state index contributed by atoms with van der Waals surface area (Å²) in [5.74, 6) is -4.61. The normalized spacial score (nSPS) is 63.0. The number of rotatable bonds is 2. The minimum atomic E-state index is -1.88. The predicted molar refractivity (Wildman–Crippen MR) is 155 cm³/mol. The van der Waals surface area contributed by atoms with Crippen LogP contribution in [0.25, 0.3) is 0 Å². The topological polar surface area (TPSA) is 171 Å². The second kappa shape index (κ2) is 8.49. The van der Waals surface area contributed by atoms with Gasteiger partial charge in [-0.25, -0.2) is 4.79 Å². The standard InChI is InChI=1S/C34H47NO10/c1-11-13(3)30(6)20-12(2)27-34(35-27)32(8,33(9,41)29(40)45-34)22(20)26(42-14(4)36)21(30)18-19(11)31(7)16(23(38)24(18)39)10-17-25(44-17)28(31)43-15(5)37/h11-13,16-22,24-28,35,39,41H,10H2,1-9H3/t11?,12-,13-,16+,17-,18?,19?,20-,21+,22-,24?,25-,26+,27+,28-,30+,31-,32-,33+,34-/m0/s1. The monoisotopic (exact) mass is 629 g/mol. The molecule has 0 aromatic rings. The van der Waals surface area contributed by atoms with Gasteiger partial charge in [0.2, 0.25) is 0 Å². The van der Waals surface area contributed by atoms with Gasteiger partial charge in [0.05, 0.1) is 17.6 Å². The fourth-order valence-corrected chi connectivity index (χ4v) is 13.6. The molecular weight excluding hydrogens is 582 g/mol. The van der Waals surface area contributed by atoms with Crippen LogP contribution in [0.5, 0.6) is 0 Å². The van der Waals surface area contributed by atoms with Gasteiger partial charge in [0.15, 0.2) is 17.1 Å². The molecule has 4 unspecified atom stereocenters. The van der Waals surface area contributed by atoms with Crippen LogP contribution >= 0.6 is 0 Å². The van der Waals surface area contributed by atoms with Gasteiger partial charge in [0.1, 0.15) is 24.4 Å². The van der Waals surface area contributed by atoms with Crippen molar-refractivity contribution in [2.45, 2.75) is 117 Å². The quantitative estimate of drug-likeness (QED) is 0.230. The average molecular weight is 630 g/mol. The number of ether oxygens (including phenoxy) is 4. The molecule has 3 aliphatic heterocycles. The van der Waals surface area contributed by atoms with E-state index >= 15 is 0 Å². The zero-order valence-corrected chi connectivity index (χ0v) is 27.5. The Balaban J connectivity index is 1.35. The molecule has 8 aliphatic rings. The highest BCUT2D eigenvalue weighted by Crippen LogP contribution is 2.80. The number of aliphatic hydroxyl groups is 2. The fourth-order valence-electron chi connectivity index (χ4n) is 13.6. The molecule has 248 valence electrons. The van der Waals surface area contributed by atoms with E-state index in [0.29, 0.717) is 6.42 Å². The van der Waals surface area contributed by atoms with Crippen LogP contribution in [0.1, 0.15) is 68.7 Å². The summed E-state index contributed by atoms with van der Waals surface area (Å²) in [5.41, 5.74) is -5.56. The third kappa shape index (κ3) is 3.05. The number of nitrogens with one attached hydrogen (secondary N) is 1. The van der Waals surface area contributed by atoms with Crippen LogP contribution in [0, 0.1) is 69.5 Å². The van der Waals surface area contributed by atoms with Gasteiger partial charge in [-0.15, -0.1) is 0 Å². The van der Waals surface area contributed by atoms with Crippen LogP contribution in [0.15, 0.2) is 0 Å². The number of hydrogen-bond acceptors (Lipinski definition) is 11. The smallest absolute Gasteiger partial charge is 0.340 e. The highest BCUT2D eigenvalue weighted by Gasteiger charge is 2.91. The maximum absolute atomic E-state index is 14.4. The largest absolute Gasteiger partial charge is 0.462 e. The van der Waals surface area contributed by atoms with Crippen molar-refractivity contribution in [3.05, 3.63) is 0 Å². The van der Waals surface area contributed by atoms with Gasteiger partial charge < -0.3 is 29.2 Å². The third-order valence-electron chi connectivity index (χ3n) is 15.7. The lowest BCUT2D eigenvalue weighted by atomic mass is 9.38. The molecule has 0 aromatic heterocycles. The van der Waals surface area contributed by atoms with E-state index in [0.717, 1.165) is 0 Å². The zero-order valence-electron chi connectivity index (χ0n) is 27.5. The van der Waals surface area contributed by atoms with Crippen molar-refractivity contribution in [3.8, 4) is 0 Å². The Morgan fingerprint density at radius 1 is 0.911 bits per heavy atom. The number of carbonyl (C=O) groups excluding carboxylic acids is 4. The van der Waals surface area contributed by atoms with Crippen molar-refractivity contribution < 1.29 is 48.3 Å². The molecule has 3 N–H and O–H groups in total. The molecule has 1 spiro atoms. The van der Waals surface area contributed by atoms with Crippen LogP contribution in [0.4, 0.5) is 0 Å². The van der Waals surface area contributed by atoms with Crippen molar-refractivity contribution in [1.29, 1.82) is 0 Å². The van der Waals surface area contributed by atoms with Crippen LogP contribution in [0.2, 0.25) is 0 Å². The van der Waals surface area contributed by atoms with E-state index in [1.807, 2.05) is 13.8 Å². The van der Waals surface area contributed by atoms with Gasteiger partial charge in [-0.3, -0.25) is 19.7 Å². The summed E-state index contributed by atoms with van der Waals surface area (Å²) in [6, 6.07) is -0.203. The average Bonchev–Trinajstić information content (AvgIpc) is 3.85. The molecule has 3 saturated heterocycles. The van der Waals surface area contributed by atoms with Gasteiger partial charge >= 0.3 is 17.9 Å². The first-order valence-electron chi connectivity index (χ1n) is 16.8. The van der Waals surface area contributed by atoms with Gasteiger partial charge in [-0.05, 0) is 48.3 Å². The zero-order chi connectivity index (χ0) is 32.7. The lowest BCUT2D eigenvalue weighted by Gasteiger charge is -2.66. The maximum Gasteiger partial charge on any atom is 0.340 e. The minimum Gasteiger partial charge on any atom is -0.462 e. The summed E-state index contributed by atoms with van der Waals surface area (Å²) in [4.78, 5) is 53.2. The van der Waals surface area contributed by atoms with Crippen LogP contribution in [-0.4, -0.2) is 81.8 Å². The Morgan fingerprint density at radius 2 is 1.56 bits per heavy atom. The Bertz CT molecular complexity index is 1430. The second-order valence-corrected chi connectivity index (χ2v) is 16.8. The molecule has 0 amide bonds. The van der Waals surface area contributed by atoms with E-state index in [9.17, 15) is 29.4 Å². The van der Waals surface area contributed by atoms with E-state index in [1.54, 1.807) is 0 Å². The highest BCUT2D eigenvalue weighted by atomic mass is 16.6. The second-order valence-electron chi connectivity index (χ2n) is 16.8. The van der Waals surface area contributed by atoms with Gasteiger partial charge in [0.25, 0.3) is 0 Å². The Hall–Kier alpha value is -2.08. The molecule has 0 radical (unpaired) electrons. The number of Topliss-reactive ketones (excluding diaryl/α,β-unsaturated/α-hetero) is 1. The SMILES string of the molecule is CC(=O)O[C@H]1[C@@H]2[C@H]([C@H](C)[C@H]3N[C@]34OC(=O)[C@@](C)(O)[C@]24C)[C@]2(C)[C@@H]1C1C(O)C(=O)[C@H]3C[C@@H]4O[C@@H]4[C@H](OC(C)=O)[C@]3(C)C1C(C)[C@@H]2C. The molecule has 0 aromatic carbocycles. The van der Waals surface area contributed by atoms with Crippen molar-refractivity contribution >= 4 is 23.7 Å². The lowest BCUT2D eigenvalue weighted by Crippen LogP contribution is -2.70. The summed E-state index contributed by atoms with van der Waals surface area (Å²) in [7, 11) is 0. The molecule has 3 heterocycles. The minimum absolute atomic E-state index is 0.00535. The van der Waals surface area contributed by atoms with Crippen molar-refractivity contribution in [3.63, 3.8) is 0 Å². The summed E-state index contributed by atoms with van der Waals surface area (Å²) in [6.45, 7) is 16.9. The van der Waals surface area contributed by atoms with E-state index in [-0.39, 0.29) is 53.6 Å². The van der Waals surface area contributed by atoms with Gasteiger partial charge in [-0.2, -0.15) is 0 Å². The number of hydrogen-bond donors (Lipinski definition) is 3. The van der Waals surface area contributed by atoms with E-state index in [4.69, 9.17) is 18.9 Å². The molecule has 20 atom stereocenters. The van der Waals surface area contributed by atoms with Gasteiger partial charge in [-0.1, -0.05) is 41.5 Å². The number of epoxide rings is 1. The number of aliphatic hydroxyl groups excluding tert-OH is 1. The van der Waals surface area contributed by atoms with E-state index in [2.05, 4.69) is 33.0 Å². The highest BCUT2D eigenvalue weighted by molar-refractivity contribution is 5.88. The van der Waals surface area contributed by atoms with E-state index < -0.39 is 87.5 Å². The first-order valence-corrected chi connectivity index (χ1v) is 16.8. The predicted octanol–water partition coefficient (Wildman–Crippen LogP) is 1.61.